The van der Waals surface area contributed by atoms with Crippen LogP contribution in [-0.4, -0.2) is 17.0 Å². The molecule has 4 aromatic rings. The third kappa shape index (κ3) is 4.52. The summed E-state index contributed by atoms with van der Waals surface area (Å²) in [5.41, 5.74) is 5.19. The van der Waals surface area contributed by atoms with Crippen molar-refractivity contribution in [1.29, 1.82) is 0 Å². The van der Waals surface area contributed by atoms with E-state index in [9.17, 15) is 4.79 Å². The summed E-state index contributed by atoms with van der Waals surface area (Å²) in [5, 5.41) is 3.90. The maximum Gasteiger partial charge on any atom is 0.265 e. The standard InChI is InChI=1S/C25H24N2O2S/c1-4-18-6-5-7-21(15-18)29-17(3)24(28)26-20-11-9-19(10-12-20)25-27-22-13-8-16(2)14-23(22)30-25/h5-15,17H,4H2,1-3H3,(H,26,28). The topological polar surface area (TPSA) is 51.2 Å². The van der Waals surface area contributed by atoms with E-state index < -0.39 is 6.10 Å². The Balaban J connectivity index is 1.42. The van der Waals surface area contributed by atoms with Gasteiger partial charge in [0.2, 0.25) is 0 Å². The Morgan fingerprint density at radius 2 is 1.90 bits per heavy atom. The van der Waals surface area contributed by atoms with Gasteiger partial charge in [0.05, 0.1) is 10.2 Å². The summed E-state index contributed by atoms with van der Waals surface area (Å²) in [5.74, 6) is 0.526. The third-order valence-electron chi connectivity index (χ3n) is 4.93. The molecule has 0 aliphatic heterocycles. The molecule has 152 valence electrons. The minimum absolute atomic E-state index is 0.180. The van der Waals surface area contributed by atoms with Gasteiger partial charge in [-0.25, -0.2) is 4.98 Å². The minimum Gasteiger partial charge on any atom is -0.481 e. The Labute approximate surface area is 180 Å². The second kappa shape index (κ2) is 8.67. The van der Waals surface area contributed by atoms with Gasteiger partial charge in [-0.1, -0.05) is 25.1 Å². The smallest absolute Gasteiger partial charge is 0.265 e. The lowest BCUT2D eigenvalue weighted by Crippen LogP contribution is -2.30. The molecule has 0 saturated heterocycles. The van der Waals surface area contributed by atoms with Gasteiger partial charge in [-0.05, 0) is 79.9 Å². The number of carbonyl (C=O) groups is 1. The van der Waals surface area contributed by atoms with Gasteiger partial charge in [-0.2, -0.15) is 0 Å². The molecule has 1 heterocycles. The lowest BCUT2D eigenvalue weighted by atomic mass is 10.1. The molecule has 1 N–H and O–H groups in total. The van der Waals surface area contributed by atoms with Crippen LogP contribution in [0.3, 0.4) is 0 Å². The molecule has 4 rings (SSSR count). The first-order valence-corrected chi connectivity index (χ1v) is 10.9. The quantitative estimate of drug-likeness (QED) is 0.405. The van der Waals surface area contributed by atoms with Gasteiger partial charge < -0.3 is 10.1 Å². The average molecular weight is 417 g/mol. The van der Waals surface area contributed by atoms with Crippen LogP contribution in [-0.2, 0) is 11.2 Å². The second-order valence-electron chi connectivity index (χ2n) is 7.32. The molecule has 0 saturated carbocycles. The van der Waals surface area contributed by atoms with E-state index in [0.717, 1.165) is 28.2 Å². The molecule has 3 aromatic carbocycles. The van der Waals surface area contributed by atoms with Gasteiger partial charge in [0.25, 0.3) is 5.91 Å². The summed E-state index contributed by atoms with van der Waals surface area (Å²) in [6, 6.07) is 21.9. The van der Waals surface area contributed by atoms with E-state index in [4.69, 9.17) is 9.72 Å². The van der Waals surface area contributed by atoms with Gasteiger partial charge in [0.15, 0.2) is 6.10 Å². The fourth-order valence-corrected chi connectivity index (χ4v) is 4.26. The van der Waals surface area contributed by atoms with Crippen LogP contribution in [0.25, 0.3) is 20.8 Å². The Kier molecular flexibility index (Phi) is 5.81. The van der Waals surface area contributed by atoms with Crippen molar-refractivity contribution in [3.8, 4) is 16.3 Å². The number of aromatic nitrogens is 1. The minimum atomic E-state index is -0.593. The molecule has 0 fully saturated rings. The van der Waals surface area contributed by atoms with Crippen molar-refractivity contribution in [2.75, 3.05) is 5.32 Å². The highest BCUT2D eigenvalue weighted by atomic mass is 32.1. The number of hydrogen-bond acceptors (Lipinski definition) is 4. The number of nitrogens with one attached hydrogen (secondary N) is 1. The Bertz CT molecular complexity index is 1180. The van der Waals surface area contributed by atoms with Crippen molar-refractivity contribution < 1.29 is 9.53 Å². The lowest BCUT2D eigenvalue weighted by molar-refractivity contribution is -0.122. The number of carbonyl (C=O) groups excluding carboxylic acids is 1. The second-order valence-corrected chi connectivity index (χ2v) is 8.35. The number of nitrogens with zero attached hydrogens (tertiary/aromatic N) is 1. The first kappa shape index (κ1) is 20.1. The summed E-state index contributed by atoms with van der Waals surface area (Å²) in [6.07, 6.45) is 0.336. The number of amides is 1. The molecule has 0 aliphatic rings. The molecule has 0 spiro atoms. The highest BCUT2D eigenvalue weighted by Gasteiger charge is 2.15. The third-order valence-corrected chi connectivity index (χ3v) is 6.00. The van der Waals surface area contributed by atoms with Crippen molar-refractivity contribution in [3.63, 3.8) is 0 Å². The maximum atomic E-state index is 12.5. The number of hydrogen-bond donors (Lipinski definition) is 1. The fourth-order valence-electron chi connectivity index (χ4n) is 3.19. The zero-order valence-corrected chi connectivity index (χ0v) is 18.1. The molecule has 1 amide bonds. The maximum absolute atomic E-state index is 12.5. The van der Waals surface area contributed by atoms with Gasteiger partial charge in [0, 0.05) is 11.3 Å². The molecule has 1 aromatic heterocycles. The van der Waals surface area contributed by atoms with Crippen LogP contribution in [0.5, 0.6) is 5.75 Å². The Morgan fingerprint density at radius 3 is 2.67 bits per heavy atom. The van der Waals surface area contributed by atoms with E-state index >= 15 is 0 Å². The van der Waals surface area contributed by atoms with Gasteiger partial charge in [0.1, 0.15) is 10.8 Å². The van der Waals surface area contributed by atoms with E-state index in [-0.39, 0.29) is 5.91 Å². The fraction of sp³-hybridized carbons (Fsp3) is 0.200. The highest BCUT2D eigenvalue weighted by molar-refractivity contribution is 7.21. The van der Waals surface area contributed by atoms with Crippen LogP contribution < -0.4 is 10.1 Å². The molecule has 5 heteroatoms. The largest absolute Gasteiger partial charge is 0.481 e. The van der Waals surface area contributed by atoms with Gasteiger partial charge in [-0.3, -0.25) is 4.79 Å². The number of fused-ring (bicyclic) bond motifs is 1. The van der Waals surface area contributed by atoms with Crippen LogP contribution >= 0.6 is 11.3 Å². The molecule has 1 unspecified atom stereocenters. The summed E-state index contributed by atoms with van der Waals surface area (Å²) < 4.78 is 6.99. The number of benzene rings is 3. The van der Waals surface area contributed by atoms with Crippen LogP contribution in [0.15, 0.2) is 66.7 Å². The molecule has 30 heavy (non-hydrogen) atoms. The summed E-state index contributed by atoms with van der Waals surface area (Å²) >= 11 is 1.67. The zero-order chi connectivity index (χ0) is 21.1. The number of thiazole rings is 1. The monoisotopic (exact) mass is 416 g/mol. The number of aryl methyl sites for hydroxylation is 2. The molecular formula is C25H24N2O2S. The van der Waals surface area contributed by atoms with Crippen molar-refractivity contribution >= 4 is 33.1 Å². The van der Waals surface area contributed by atoms with E-state index in [2.05, 4.69) is 37.4 Å². The first-order chi connectivity index (χ1) is 14.5. The normalized spacial score (nSPS) is 12.0. The molecule has 0 radical (unpaired) electrons. The molecule has 4 nitrogen and oxygen atoms in total. The molecule has 1 atom stereocenters. The van der Waals surface area contributed by atoms with E-state index in [1.807, 2.05) is 48.5 Å². The van der Waals surface area contributed by atoms with Crippen LogP contribution in [0.1, 0.15) is 25.0 Å². The lowest BCUT2D eigenvalue weighted by Gasteiger charge is -2.15. The van der Waals surface area contributed by atoms with E-state index in [0.29, 0.717) is 5.75 Å². The van der Waals surface area contributed by atoms with Gasteiger partial charge in [-0.15, -0.1) is 11.3 Å². The molecular weight excluding hydrogens is 392 g/mol. The van der Waals surface area contributed by atoms with Crippen LogP contribution in [0.4, 0.5) is 5.69 Å². The predicted molar refractivity (Wildman–Crippen MR) is 124 cm³/mol. The summed E-state index contributed by atoms with van der Waals surface area (Å²) in [7, 11) is 0. The van der Waals surface area contributed by atoms with E-state index in [1.165, 1.54) is 15.8 Å². The predicted octanol–water partition coefficient (Wildman–Crippen LogP) is 6.24. The Hall–Kier alpha value is -3.18. The van der Waals surface area contributed by atoms with Crippen molar-refractivity contribution in [3.05, 3.63) is 77.9 Å². The number of rotatable bonds is 6. The molecule has 0 aliphatic carbocycles. The SMILES string of the molecule is CCc1cccc(OC(C)C(=O)Nc2ccc(-c3nc4ccc(C)cc4s3)cc2)c1. The average Bonchev–Trinajstić information content (AvgIpc) is 3.17. The number of anilines is 1. The summed E-state index contributed by atoms with van der Waals surface area (Å²) in [6.45, 7) is 5.93. The van der Waals surface area contributed by atoms with Crippen molar-refractivity contribution in [1.82, 2.24) is 4.98 Å². The van der Waals surface area contributed by atoms with Crippen LogP contribution in [0.2, 0.25) is 0 Å². The summed E-state index contributed by atoms with van der Waals surface area (Å²) in [4.78, 5) is 17.2. The highest BCUT2D eigenvalue weighted by Crippen LogP contribution is 2.31. The number of ether oxygens (including phenoxy) is 1. The van der Waals surface area contributed by atoms with E-state index in [1.54, 1.807) is 18.3 Å². The van der Waals surface area contributed by atoms with Gasteiger partial charge >= 0.3 is 0 Å². The van der Waals surface area contributed by atoms with Crippen molar-refractivity contribution in [2.24, 2.45) is 0 Å². The van der Waals surface area contributed by atoms with Crippen LogP contribution in [0, 0.1) is 6.92 Å². The first-order valence-electron chi connectivity index (χ1n) is 10.1. The zero-order valence-electron chi connectivity index (χ0n) is 17.3. The molecule has 0 bridgehead atoms. The van der Waals surface area contributed by atoms with Crippen molar-refractivity contribution in [2.45, 2.75) is 33.3 Å². The Morgan fingerprint density at radius 1 is 1.10 bits per heavy atom.